The molecule has 4 nitrogen and oxygen atoms in total. The average molecular weight is 287 g/mol. The van der Waals surface area contributed by atoms with Crippen molar-refractivity contribution in [3.63, 3.8) is 0 Å². The second-order valence-electron chi connectivity index (χ2n) is 5.14. The van der Waals surface area contributed by atoms with Gasteiger partial charge in [-0.2, -0.15) is 0 Å². The Morgan fingerprint density at radius 1 is 1.33 bits per heavy atom. The van der Waals surface area contributed by atoms with Gasteiger partial charge < -0.3 is 10.1 Å². The van der Waals surface area contributed by atoms with Crippen LogP contribution in [0, 0.1) is 0 Å². The Bertz CT molecular complexity index is 771. The first-order valence-electron chi connectivity index (χ1n) is 6.57. The molecule has 0 heterocycles. The van der Waals surface area contributed by atoms with Crippen molar-refractivity contribution in [3.05, 3.63) is 41.5 Å². The van der Waals surface area contributed by atoms with E-state index < -0.39 is 17.5 Å². The fourth-order valence-electron chi connectivity index (χ4n) is 2.91. The minimum Gasteiger partial charge on any atom is -0.496 e. The Kier molecular flexibility index (Phi) is 2.93. The summed E-state index contributed by atoms with van der Waals surface area (Å²) < 4.78 is 20.3. The second kappa shape index (κ2) is 4.55. The number of rotatable bonds is 2. The first kappa shape index (κ1) is 13.5. The molecule has 21 heavy (non-hydrogen) atoms. The Hall–Kier alpha value is -2.43. The molecule has 0 saturated carbocycles. The van der Waals surface area contributed by atoms with E-state index in [1.807, 2.05) is 12.1 Å². The zero-order valence-corrected chi connectivity index (χ0v) is 11.7. The smallest absolute Gasteiger partial charge is 0.250 e. The molecule has 1 N–H and O–H groups in total. The SMILES string of the molecule is COc1ccc2cccc3c2c1CC(F)(NC(C)=O)C3=O. The predicted molar refractivity (Wildman–Crippen MR) is 76.2 cm³/mol. The number of carbonyl (C=O) groups excluding carboxylic acids is 2. The molecule has 5 heteroatoms. The van der Waals surface area contributed by atoms with Gasteiger partial charge in [0.25, 0.3) is 0 Å². The lowest BCUT2D eigenvalue weighted by Crippen LogP contribution is -2.53. The van der Waals surface area contributed by atoms with Gasteiger partial charge in [0, 0.05) is 24.5 Å². The van der Waals surface area contributed by atoms with Gasteiger partial charge in [-0.1, -0.05) is 24.3 Å². The number of amides is 1. The number of alkyl halides is 1. The number of ether oxygens (including phenoxy) is 1. The van der Waals surface area contributed by atoms with Gasteiger partial charge in [-0.05, 0) is 16.8 Å². The van der Waals surface area contributed by atoms with Gasteiger partial charge in [0.2, 0.25) is 17.5 Å². The molecule has 2 aromatic carbocycles. The van der Waals surface area contributed by atoms with Gasteiger partial charge in [-0.25, -0.2) is 4.39 Å². The van der Waals surface area contributed by atoms with Crippen molar-refractivity contribution >= 4 is 22.5 Å². The maximum atomic E-state index is 15.0. The molecule has 0 aromatic heterocycles. The van der Waals surface area contributed by atoms with Gasteiger partial charge in [0.15, 0.2) is 0 Å². The number of benzene rings is 2. The lowest BCUT2D eigenvalue weighted by atomic mass is 9.82. The number of halogens is 1. The fourth-order valence-corrected chi connectivity index (χ4v) is 2.91. The van der Waals surface area contributed by atoms with Crippen LogP contribution in [-0.4, -0.2) is 24.6 Å². The zero-order chi connectivity index (χ0) is 15.2. The van der Waals surface area contributed by atoms with E-state index in [2.05, 4.69) is 5.32 Å². The molecule has 1 atom stereocenters. The van der Waals surface area contributed by atoms with Crippen molar-refractivity contribution in [2.75, 3.05) is 7.11 Å². The van der Waals surface area contributed by atoms with Crippen molar-refractivity contribution in [1.82, 2.24) is 5.32 Å². The summed E-state index contributed by atoms with van der Waals surface area (Å²) in [7, 11) is 1.50. The van der Waals surface area contributed by atoms with Crippen molar-refractivity contribution in [2.24, 2.45) is 0 Å². The first-order chi connectivity index (χ1) is 9.96. The van der Waals surface area contributed by atoms with E-state index in [1.165, 1.54) is 14.0 Å². The molecule has 108 valence electrons. The maximum Gasteiger partial charge on any atom is 0.250 e. The molecule has 1 aliphatic carbocycles. The van der Waals surface area contributed by atoms with Crippen LogP contribution in [0.5, 0.6) is 5.75 Å². The van der Waals surface area contributed by atoms with Crippen LogP contribution in [0.2, 0.25) is 0 Å². The van der Waals surface area contributed by atoms with Gasteiger partial charge >= 0.3 is 0 Å². The summed E-state index contributed by atoms with van der Waals surface area (Å²) in [5.74, 6) is -3.22. The molecule has 1 aliphatic rings. The third kappa shape index (κ3) is 1.96. The van der Waals surface area contributed by atoms with Crippen LogP contribution in [0.3, 0.4) is 0 Å². The van der Waals surface area contributed by atoms with Gasteiger partial charge in [-0.3, -0.25) is 9.59 Å². The molecular formula is C16H14FNO3. The third-order valence-corrected chi connectivity index (χ3v) is 3.73. The Labute approximate surface area is 120 Å². The summed E-state index contributed by atoms with van der Waals surface area (Å²) in [6.45, 7) is 1.19. The molecule has 0 saturated heterocycles. The van der Waals surface area contributed by atoms with Crippen LogP contribution in [0.25, 0.3) is 10.8 Å². The summed E-state index contributed by atoms with van der Waals surface area (Å²) in [6.07, 6.45) is -0.233. The highest BCUT2D eigenvalue weighted by Crippen LogP contribution is 2.39. The van der Waals surface area contributed by atoms with E-state index >= 15 is 4.39 Å². The Morgan fingerprint density at radius 3 is 2.76 bits per heavy atom. The van der Waals surface area contributed by atoms with E-state index in [1.54, 1.807) is 18.2 Å². The molecule has 3 rings (SSSR count). The maximum absolute atomic E-state index is 15.0. The quantitative estimate of drug-likeness (QED) is 0.863. The van der Waals surface area contributed by atoms with E-state index in [0.717, 1.165) is 5.39 Å². The van der Waals surface area contributed by atoms with Crippen LogP contribution in [0.15, 0.2) is 30.3 Å². The number of ketones is 1. The lowest BCUT2D eigenvalue weighted by molar-refractivity contribution is -0.122. The summed E-state index contributed by atoms with van der Waals surface area (Å²) in [5.41, 5.74) is 0.866. The number of carbonyl (C=O) groups is 2. The van der Waals surface area contributed by atoms with Gasteiger partial charge in [0.1, 0.15) is 5.75 Å². The number of hydrogen-bond acceptors (Lipinski definition) is 3. The molecule has 0 radical (unpaired) electrons. The number of Topliss-reactive ketones (excluding diaryl/α,β-unsaturated/α-hetero) is 1. The second-order valence-corrected chi connectivity index (χ2v) is 5.14. The van der Waals surface area contributed by atoms with Gasteiger partial charge in [0.05, 0.1) is 7.11 Å². The Morgan fingerprint density at radius 2 is 2.10 bits per heavy atom. The molecule has 1 unspecified atom stereocenters. The van der Waals surface area contributed by atoms with Crippen molar-refractivity contribution in [2.45, 2.75) is 19.1 Å². The summed E-state index contributed by atoms with van der Waals surface area (Å²) in [5, 5.41) is 3.68. The summed E-state index contributed by atoms with van der Waals surface area (Å²) in [6, 6.07) is 8.70. The van der Waals surface area contributed by atoms with E-state index in [0.29, 0.717) is 16.7 Å². The molecule has 0 bridgehead atoms. The number of nitrogens with one attached hydrogen (secondary N) is 1. The highest BCUT2D eigenvalue weighted by molar-refractivity contribution is 6.16. The van der Waals surface area contributed by atoms with Crippen LogP contribution in [0.1, 0.15) is 22.8 Å². The van der Waals surface area contributed by atoms with E-state index in [-0.39, 0.29) is 12.0 Å². The van der Waals surface area contributed by atoms with Crippen LogP contribution in [-0.2, 0) is 11.2 Å². The summed E-state index contributed by atoms with van der Waals surface area (Å²) >= 11 is 0. The highest BCUT2D eigenvalue weighted by atomic mass is 19.1. The normalized spacial score (nSPS) is 20.4. The number of hydrogen-bond donors (Lipinski definition) is 1. The lowest BCUT2D eigenvalue weighted by Gasteiger charge is -2.31. The monoisotopic (exact) mass is 287 g/mol. The van der Waals surface area contributed by atoms with Crippen LogP contribution >= 0.6 is 0 Å². The first-order valence-corrected chi connectivity index (χ1v) is 6.57. The molecule has 0 aliphatic heterocycles. The standard InChI is InChI=1S/C16H14FNO3/c1-9(19)18-16(17)8-12-13(21-2)7-6-10-4-3-5-11(14(10)12)15(16)20/h3-7H,8H2,1-2H3,(H,18,19). The fraction of sp³-hybridized carbons (Fsp3) is 0.250. The van der Waals surface area contributed by atoms with E-state index in [9.17, 15) is 9.59 Å². The highest BCUT2D eigenvalue weighted by Gasteiger charge is 2.45. The summed E-state index contributed by atoms with van der Waals surface area (Å²) in [4.78, 5) is 23.7. The number of methoxy groups -OCH3 is 1. The van der Waals surface area contributed by atoms with Crippen molar-refractivity contribution < 1.29 is 18.7 Å². The van der Waals surface area contributed by atoms with E-state index in [4.69, 9.17) is 4.74 Å². The largest absolute Gasteiger partial charge is 0.496 e. The minimum atomic E-state index is -2.43. The minimum absolute atomic E-state index is 0.233. The van der Waals surface area contributed by atoms with Crippen molar-refractivity contribution in [3.8, 4) is 5.75 Å². The van der Waals surface area contributed by atoms with Crippen molar-refractivity contribution in [1.29, 1.82) is 0 Å². The van der Waals surface area contributed by atoms with Gasteiger partial charge in [-0.15, -0.1) is 0 Å². The zero-order valence-electron chi connectivity index (χ0n) is 11.7. The Balaban J connectivity index is 2.29. The molecule has 2 aromatic rings. The molecule has 0 spiro atoms. The molecule has 1 amide bonds. The van der Waals surface area contributed by atoms with Crippen LogP contribution in [0.4, 0.5) is 4.39 Å². The topological polar surface area (TPSA) is 55.4 Å². The van der Waals surface area contributed by atoms with Crippen LogP contribution < -0.4 is 10.1 Å². The average Bonchev–Trinajstić information content (AvgIpc) is 2.44. The molecule has 0 fully saturated rings. The predicted octanol–water partition coefficient (Wildman–Crippen LogP) is 2.39. The third-order valence-electron chi connectivity index (χ3n) is 3.73. The molecular weight excluding hydrogens is 273 g/mol.